The molecule has 0 aromatic heterocycles. The standard InChI is InChI=1S/C21H19ClN2O2/c22-18-10-8-17(9-11-18)21(26)23-14-3-4-16-6-12-19(13-7-16)24-15-2-1-5-20(24)25/h6-13H,1-2,5,14-15H2,(H,23,26). The number of nitrogens with zero attached hydrogens (tertiary/aromatic N) is 1. The molecular weight excluding hydrogens is 348 g/mol. The predicted octanol–water partition coefficient (Wildman–Crippen LogP) is 3.64. The molecule has 0 bridgehead atoms. The summed E-state index contributed by atoms with van der Waals surface area (Å²) in [5, 5.41) is 3.34. The van der Waals surface area contributed by atoms with E-state index in [1.807, 2.05) is 29.2 Å². The molecule has 26 heavy (non-hydrogen) atoms. The summed E-state index contributed by atoms with van der Waals surface area (Å²) < 4.78 is 0. The van der Waals surface area contributed by atoms with Gasteiger partial charge in [-0.3, -0.25) is 9.59 Å². The van der Waals surface area contributed by atoms with Crippen molar-refractivity contribution in [2.45, 2.75) is 19.3 Å². The van der Waals surface area contributed by atoms with E-state index in [1.54, 1.807) is 24.3 Å². The molecule has 132 valence electrons. The molecule has 1 fully saturated rings. The summed E-state index contributed by atoms with van der Waals surface area (Å²) in [6.45, 7) is 1.04. The van der Waals surface area contributed by atoms with E-state index in [0.717, 1.165) is 30.6 Å². The monoisotopic (exact) mass is 366 g/mol. The van der Waals surface area contributed by atoms with Crippen molar-refractivity contribution in [1.82, 2.24) is 5.32 Å². The molecule has 0 atom stereocenters. The van der Waals surface area contributed by atoms with E-state index in [2.05, 4.69) is 17.2 Å². The third kappa shape index (κ3) is 4.65. The Hall–Kier alpha value is -2.77. The fourth-order valence-corrected chi connectivity index (χ4v) is 2.90. The third-order valence-electron chi connectivity index (χ3n) is 4.18. The number of carbonyl (C=O) groups is 2. The fraction of sp³-hybridized carbons (Fsp3) is 0.238. The van der Waals surface area contributed by atoms with Crippen molar-refractivity contribution in [3.05, 3.63) is 64.7 Å². The number of hydrogen-bond acceptors (Lipinski definition) is 2. The maximum Gasteiger partial charge on any atom is 0.252 e. The van der Waals surface area contributed by atoms with Gasteiger partial charge >= 0.3 is 0 Å². The van der Waals surface area contributed by atoms with E-state index in [1.165, 1.54) is 0 Å². The first-order chi connectivity index (χ1) is 12.6. The fourth-order valence-electron chi connectivity index (χ4n) is 2.78. The largest absolute Gasteiger partial charge is 0.341 e. The molecule has 0 aliphatic carbocycles. The highest BCUT2D eigenvalue weighted by molar-refractivity contribution is 6.30. The Morgan fingerprint density at radius 1 is 1.08 bits per heavy atom. The lowest BCUT2D eigenvalue weighted by molar-refractivity contribution is -0.119. The van der Waals surface area contributed by atoms with E-state index in [4.69, 9.17) is 11.6 Å². The number of anilines is 1. The van der Waals surface area contributed by atoms with Crippen molar-refractivity contribution >= 4 is 29.1 Å². The van der Waals surface area contributed by atoms with Crippen LogP contribution in [0.15, 0.2) is 48.5 Å². The van der Waals surface area contributed by atoms with Crippen LogP contribution in [0.5, 0.6) is 0 Å². The lowest BCUT2D eigenvalue weighted by atomic mass is 10.1. The molecule has 2 aromatic carbocycles. The number of rotatable bonds is 3. The molecule has 0 unspecified atom stereocenters. The topological polar surface area (TPSA) is 49.4 Å². The van der Waals surface area contributed by atoms with Gasteiger partial charge in [0.25, 0.3) is 5.91 Å². The molecule has 4 nitrogen and oxygen atoms in total. The van der Waals surface area contributed by atoms with Crippen LogP contribution in [0.4, 0.5) is 5.69 Å². The van der Waals surface area contributed by atoms with Crippen molar-refractivity contribution in [1.29, 1.82) is 0 Å². The van der Waals surface area contributed by atoms with Crippen LogP contribution < -0.4 is 10.2 Å². The lowest BCUT2D eigenvalue weighted by Crippen LogP contribution is -2.35. The highest BCUT2D eigenvalue weighted by Gasteiger charge is 2.19. The maximum absolute atomic E-state index is 12.0. The van der Waals surface area contributed by atoms with Crippen molar-refractivity contribution in [3.8, 4) is 11.8 Å². The maximum atomic E-state index is 12.0. The molecular formula is C21H19ClN2O2. The van der Waals surface area contributed by atoms with Crippen LogP contribution in [0.25, 0.3) is 0 Å². The van der Waals surface area contributed by atoms with Gasteiger partial charge < -0.3 is 10.2 Å². The minimum atomic E-state index is -0.185. The second-order valence-electron chi connectivity index (χ2n) is 6.04. The van der Waals surface area contributed by atoms with E-state index in [-0.39, 0.29) is 18.4 Å². The molecule has 5 heteroatoms. The van der Waals surface area contributed by atoms with Gasteiger partial charge in [0.15, 0.2) is 0 Å². The summed E-state index contributed by atoms with van der Waals surface area (Å²) in [7, 11) is 0. The van der Waals surface area contributed by atoms with Crippen LogP contribution in [0.3, 0.4) is 0 Å². The predicted molar refractivity (Wildman–Crippen MR) is 103 cm³/mol. The van der Waals surface area contributed by atoms with Gasteiger partial charge in [-0.25, -0.2) is 0 Å². The zero-order valence-corrected chi connectivity index (χ0v) is 15.1. The number of hydrogen-bond donors (Lipinski definition) is 1. The highest BCUT2D eigenvalue weighted by Crippen LogP contribution is 2.21. The van der Waals surface area contributed by atoms with Crippen LogP contribution in [0, 0.1) is 11.8 Å². The SMILES string of the molecule is O=C(NCC#Cc1ccc(N2CCCCC2=O)cc1)c1ccc(Cl)cc1. The van der Waals surface area contributed by atoms with Crippen LogP contribution in [-0.4, -0.2) is 24.9 Å². The smallest absolute Gasteiger partial charge is 0.252 e. The summed E-state index contributed by atoms with van der Waals surface area (Å²) in [4.78, 5) is 25.7. The van der Waals surface area contributed by atoms with Crippen molar-refractivity contribution in [2.24, 2.45) is 0 Å². The Balaban J connectivity index is 1.54. The molecule has 1 aliphatic rings. The Kier molecular flexibility index (Phi) is 5.93. The number of amides is 2. The summed E-state index contributed by atoms with van der Waals surface area (Å²) in [5.41, 5.74) is 2.31. The number of piperidine rings is 1. The first-order valence-corrected chi connectivity index (χ1v) is 8.94. The van der Waals surface area contributed by atoms with Crippen molar-refractivity contribution in [3.63, 3.8) is 0 Å². The van der Waals surface area contributed by atoms with Gasteiger partial charge in [0.1, 0.15) is 0 Å². The molecule has 3 rings (SSSR count). The van der Waals surface area contributed by atoms with Gasteiger partial charge in [0, 0.05) is 34.8 Å². The molecule has 0 spiro atoms. The minimum Gasteiger partial charge on any atom is -0.341 e. The Morgan fingerprint density at radius 2 is 1.81 bits per heavy atom. The van der Waals surface area contributed by atoms with Gasteiger partial charge in [0.05, 0.1) is 6.54 Å². The average molecular weight is 367 g/mol. The van der Waals surface area contributed by atoms with Gasteiger partial charge in [-0.15, -0.1) is 0 Å². The minimum absolute atomic E-state index is 0.181. The second kappa shape index (κ2) is 8.55. The molecule has 1 aliphatic heterocycles. The van der Waals surface area contributed by atoms with E-state index in [9.17, 15) is 9.59 Å². The normalized spacial score (nSPS) is 13.7. The van der Waals surface area contributed by atoms with Crippen LogP contribution in [0.2, 0.25) is 5.02 Å². The third-order valence-corrected chi connectivity index (χ3v) is 4.43. The van der Waals surface area contributed by atoms with Gasteiger partial charge in [-0.05, 0) is 61.4 Å². The van der Waals surface area contributed by atoms with Crippen molar-refractivity contribution in [2.75, 3.05) is 18.0 Å². The molecule has 1 saturated heterocycles. The van der Waals surface area contributed by atoms with Gasteiger partial charge in [-0.2, -0.15) is 0 Å². The summed E-state index contributed by atoms with van der Waals surface area (Å²) in [5.74, 6) is 5.94. The quantitative estimate of drug-likeness (QED) is 0.843. The molecule has 2 aromatic rings. The number of nitrogens with one attached hydrogen (secondary N) is 1. The van der Waals surface area contributed by atoms with E-state index >= 15 is 0 Å². The summed E-state index contributed by atoms with van der Waals surface area (Å²) in [6, 6.07) is 14.3. The Labute approximate surface area is 158 Å². The number of benzene rings is 2. The van der Waals surface area contributed by atoms with Crippen LogP contribution >= 0.6 is 11.6 Å². The van der Waals surface area contributed by atoms with Crippen LogP contribution in [-0.2, 0) is 4.79 Å². The number of halogens is 1. The summed E-state index contributed by atoms with van der Waals surface area (Å²) in [6.07, 6.45) is 2.64. The molecule has 1 heterocycles. The average Bonchev–Trinajstić information content (AvgIpc) is 2.67. The molecule has 0 saturated carbocycles. The molecule has 0 radical (unpaired) electrons. The van der Waals surface area contributed by atoms with Crippen molar-refractivity contribution < 1.29 is 9.59 Å². The van der Waals surface area contributed by atoms with E-state index in [0.29, 0.717) is 17.0 Å². The highest BCUT2D eigenvalue weighted by atomic mass is 35.5. The second-order valence-corrected chi connectivity index (χ2v) is 6.48. The summed E-state index contributed by atoms with van der Waals surface area (Å²) >= 11 is 5.80. The Morgan fingerprint density at radius 3 is 2.50 bits per heavy atom. The lowest BCUT2D eigenvalue weighted by Gasteiger charge is -2.26. The molecule has 1 N–H and O–H groups in total. The zero-order valence-electron chi connectivity index (χ0n) is 14.3. The zero-order chi connectivity index (χ0) is 18.4. The van der Waals surface area contributed by atoms with Crippen LogP contribution in [0.1, 0.15) is 35.2 Å². The van der Waals surface area contributed by atoms with E-state index < -0.39 is 0 Å². The van der Waals surface area contributed by atoms with Gasteiger partial charge in [-0.1, -0.05) is 23.4 Å². The first kappa shape index (κ1) is 18.0. The Bertz CT molecular complexity index is 848. The van der Waals surface area contributed by atoms with Gasteiger partial charge in [0.2, 0.25) is 5.91 Å². The molecule has 2 amide bonds. The first-order valence-electron chi connectivity index (χ1n) is 8.56. The number of carbonyl (C=O) groups excluding carboxylic acids is 2.